The summed E-state index contributed by atoms with van der Waals surface area (Å²) >= 11 is 5.99. The average molecular weight is 256 g/mol. The number of carbonyl (C=O) groups excluding carboxylic acids is 1. The van der Waals surface area contributed by atoms with E-state index in [9.17, 15) is 4.79 Å². The van der Waals surface area contributed by atoms with Gasteiger partial charge in [0.25, 0.3) is 5.91 Å². The summed E-state index contributed by atoms with van der Waals surface area (Å²) in [4.78, 5) is 17.8. The van der Waals surface area contributed by atoms with E-state index in [1.54, 1.807) is 18.0 Å². The standard InChI is InChI=1S/C12H18ClN3O/c1-4-6-14-11-7-9(10(13)8-15-11)12(17)16(3)5-2/h7-8H,4-6H2,1-3H3,(H,14,15). The lowest BCUT2D eigenvalue weighted by Crippen LogP contribution is -2.26. The molecule has 0 saturated heterocycles. The molecule has 1 aromatic rings. The van der Waals surface area contributed by atoms with Gasteiger partial charge in [-0.25, -0.2) is 4.98 Å². The van der Waals surface area contributed by atoms with Crippen LogP contribution in [0.2, 0.25) is 5.02 Å². The minimum Gasteiger partial charge on any atom is -0.370 e. The maximum atomic E-state index is 12.0. The van der Waals surface area contributed by atoms with Crippen molar-refractivity contribution >= 4 is 23.3 Å². The number of nitrogens with zero attached hydrogens (tertiary/aromatic N) is 2. The third-order valence-electron chi connectivity index (χ3n) is 2.46. The number of rotatable bonds is 5. The summed E-state index contributed by atoms with van der Waals surface area (Å²) < 4.78 is 0. The van der Waals surface area contributed by atoms with Crippen molar-refractivity contribution in [2.24, 2.45) is 0 Å². The molecule has 1 amide bonds. The Bertz CT molecular complexity index is 395. The lowest BCUT2D eigenvalue weighted by atomic mass is 10.2. The van der Waals surface area contributed by atoms with Crippen molar-refractivity contribution in [3.8, 4) is 0 Å². The molecule has 94 valence electrons. The van der Waals surface area contributed by atoms with Crippen LogP contribution >= 0.6 is 11.6 Å². The number of nitrogens with one attached hydrogen (secondary N) is 1. The van der Waals surface area contributed by atoms with E-state index in [0.717, 1.165) is 13.0 Å². The van der Waals surface area contributed by atoms with E-state index < -0.39 is 0 Å². The summed E-state index contributed by atoms with van der Waals surface area (Å²) in [6.07, 6.45) is 2.51. The molecule has 0 unspecified atom stereocenters. The Morgan fingerprint density at radius 3 is 2.82 bits per heavy atom. The van der Waals surface area contributed by atoms with Gasteiger partial charge in [-0.15, -0.1) is 0 Å². The molecule has 0 radical (unpaired) electrons. The van der Waals surface area contributed by atoms with Gasteiger partial charge in [-0.1, -0.05) is 18.5 Å². The third kappa shape index (κ3) is 3.60. The van der Waals surface area contributed by atoms with Gasteiger partial charge in [-0.05, 0) is 19.4 Å². The molecule has 1 heterocycles. The molecule has 4 nitrogen and oxygen atoms in total. The quantitative estimate of drug-likeness (QED) is 0.880. The molecule has 0 atom stereocenters. The molecule has 0 bridgehead atoms. The normalized spacial score (nSPS) is 10.1. The van der Waals surface area contributed by atoms with E-state index in [-0.39, 0.29) is 5.91 Å². The number of amides is 1. The summed E-state index contributed by atoms with van der Waals surface area (Å²) in [7, 11) is 1.75. The van der Waals surface area contributed by atoms with Crippen LogP contribution < -0.4 is 5.32 Å². The number of anilines is 1. The monoisotopic (exact) mass is 255 g/mol. The van der Waals surface area contributed by atoms with Crippen LogP contribution in [-0.4, -0.2) is 35.9 Å². The summed E-state index contributed by atoms with van der Waals surface area (Å²) in [5.74, 6) is 0.601. The predicted octanol–water partition coefficient (Wildman–Crippen LogP) is 2.65. The fourth-order valence-corrected chi connectivity index (χ4v) is 1.49. The highest BCUT2D eigenvalue weighted by molar-refractivity contribution is 6.33. The lowest BCUT2D eigenvalue weighted by molar-refractivity contribution is 0.0802. The molecule has 0 aliphatic carbocycles. The van der Waals surface area contributed by atoms with Gasteiger partial charge in [0.1, 0.15) is 5.82 Å². The minimum absolute atomic E-state index is 0.0838. The van der Waals surface area contributed by atoms with E-state index in [4.69, 9.17) is 11.6 Å². The van der Waals surface area contributed by atoms with E-state index in [1.165, 1.54) is 6.20 Å². The Hall–Kier alpha value is -1.29. The smallest absolute Gasteiger partial charge is 0.255 e. The van der Waals surface area contributed by atoms with Gasteiger partial charge in [-0.2, -0.15) is 0 Å². The number of aromatic nitrogens is 1. The Morgan fingerprint density at radius 2 is 2.24 bits per heavy atom. The molecule has 1 aromatic heterocycles. The summed E-state index contributed by atoms with van der Waals surface area (Å²) in [6.45, 7) is 5.46. The summed E-state index contributed by atoms with van der Waals surface area (Å²) in [5, 5.41) is 3.52. The lowest BCUT2D eigenvalue weighted by Gasteiger charge is -2.16. The number of pyridine rings is 1. The Balaban J connectivity index is 2.93. The molecule has 1 N–H and O–H groups in total. The number of hydrogen-bond acceptors (Lipinski definition) is 3. The highest BCUT2D eigenvalue weighted by Crippen LogP contribution is 2.19. The van der Waals surface area contributed by atoms with Gasteiger partial charge in [-0.3, -0.25) is 4.79 Å². The van der Waals surface area contributed by atoms with Crippen molar-refractivity contribution in [3.63, 3.8) is 0 Å². The average Bonchev–Trinajstić information content (AvgIpc) is 2.36. The van der Waals surface area contributed by atoms with Crippen LogP contribution in [-0.2, 0) is 0 Å². The summed E-state index contributed by atoms with van der Waals surface area (Å²) in [5.41, 5.74) is 0.490. The van der Waals surface area contributed by atoms with Crippen LogP contribution in [0.15, 0.2) is 12.3 Å². The van der Waals surface area contributed by atoms with E-state index in [2.05, 4.69) is 17.2 Å². The fourth-order valence-electron chi connectivity index (χ4n) is 1.30. The zero-order valence-corrected chi connectivity index (χ0v) is 11.2. The molecule has 0 aliphatic rings. The van der Waals surface area contributed by atoms with Crippen LogP contribution in [0, 0.1) is 0 Å². The fraction of sp³-hybridized carbons (Fsp3) is 0.500. The number of hydrogen-bond donors (Lipinski definition) is 1. The van der Waals surface area contributed by atoms with Gasteiger partial charge in [0, 0.05) is 26.3 Å². The topological polar surface area (TPSA) is 45.2 Å². The van der Waals surface area contributed by atoms with E-state index >= 15 is 0 Å². The second-order valence-corrected chi connectivity index (χ2v) is 4.20. The van der Waals surface area contributed by atoms with Gasteiger partial charge in [0.15, 0.2) is 0 Å². The van der Waals surface area contributed by atoms with Crippen molar-refractivity contribution in [1.29, 1.82) is 0 Å². The van der Waals surface area contributed by atoms with E-state index in [0.29, 0.717) is 22.9 Å². The van der Waals surface area contributed by atoms with Crippen LogP contribution in [0.5, 0.6) is 0 Å². The van der Waals surface area contributed by atoms with Gasteiger partial charge in [0.2, 0.25) is 0 Å². The van der Waals surface area contributed by atoms with Crippen LogP contribution in [0.1, 0.15) is 30.6 Å². The SMILES string of the molecule is CCCNc1cc(C(=O)N(C)CC)c(Cl)cn1. The molecular formula is C12H18ClN3O. The van der Waals surface area contributed by atoms with E-state index in [1.807, 2.05) is 6.92 Å². The molecule has 0 aromatic carbocycles. The number of halogens is 1. The van der Waals surface area contributed by atoms with Crippen molar-refractivity contribution in [2.75, 3.05) is 25.5 Å². The largest absolute Gasteiger partial charge is 0.370 e. The van der Waals surface area contributed by atoms with Crippen molar-refractivity contribution in [2.45, 2.75) is 20.3 Å². The van der Waals surface area contributed by atoms with Crippen LogP contribution in [0.25, 0.3) is 0 Å². The molecule has 0 spiro atoms. The molecule has 17 heavy (non-hydrogen) atoms. The molecule has 0 saturated carbocycles. The van der Waals surface area contributed by atoms with Gasteiger partial charge in [0.05, 0.1) is 10.6 Å². The van der Waals surface area contributed by atoms with Crippen molar-refractivity contribution < 1.29 is 4.79 Å². The van der Waals surface area contributed by atoms with Crippen molar-refractivity contribution in [3.05, 3.63) is 22.8 Å². The zero-order valence-electron chi connectivity index (χ0n) is 10.5. The van der Waals surface area contributed by atoms with Crippen molar-refractivity contribution in [1.82, 2.24) is 9.88 Å². The number of carbonyl (C=O) groups is 1. The molecule has 5 heteroatoms. The molecule has 1 rings (SSSR count). The van der Waals surface area contributed by atoms with Gasteiger partial charge < -0.3 is 10.2 Å². The third-order valence-corrected chi connectivity index (χ3v) is 2.76. The first-order valence-electron chi connectivity index (χ1n) is 5.75. The van der Waals surface area contributed by atoms with Crippen LogP contribution in [0.3, 0.4) is 0 Å². The molecular weight excluding hydrogens is 238 g/mol. The highest BCUT2D eigenvalue weighted by atomic mass is 35.5. The molecule has 0 aliphatic heterocycles. The van der Waals surface area contributed by atoms with Crippen LogP contribution in [0.4, 0.5) is 5.82 Å². The first-order valence-corrected chi connectivity index (χ1v) is 6.12. The maximum Gasteiger partial charge on any atom is 0.255 e. The Labute approximate surface area is 107 Å². The Kier molecular flexibility index (Phi) is 5.22. The predicted molar refractivity (Wildman–Crippen MR) is 70.7 cm³/mol. The highest BCUT2D eigenvalue weighted by Gasteiger charge is 2.15. The second kappa shape index (κ2) is 6.45. The van der Waals surface area contributed by atoms with Gasteiger partial charge >= 0.3 is 0 Å². The Morgan fingerprint density at radius 1 is 1.53 bits per heavy atom. The zero-order chi connectivity index (χ0) is 12.8. The first kappa shape index (κ1) is 13.8. The maximum absolute atomic E-state index is 12.0. The summed E-state index contributed by atoms with van der Waals surface area (Å²) in [6, 6.07) is 1.70. The second-order valence-electron chi connectivity index (χ2n) is 3.80. The first-order chi connectivity index (χ1) is 8.10. The minimum atomic E-state index is -0.0838. The molecule has 0 fully saturated rings.